The maximum Gasteiger partial charge on any atom is 0.169 e. The molecule has 1 aliphatic carbocycles. The van der Waals surface area contributed by atoms with Crippen molar-refractivity contribution in [1.29, 1.82) is 0 Å². The molecule has 0 radical (unpaired) electrons. The van der Waals surface area contributed by atoms with Gasteiger partial charge in [-0.05, 0) is 50.8 Å². The Balaban J connectivity index is 2.05. The average molecular weight is 260 g/mol. The summed E-state index contributed by atoms with van der Waals surface area (Å²) in [6, 6.07) is 0. The van der Waals surface area contributed by atoms with Crippen LogP contribution in [-0.2, 0) is 6.42 Å². The Hall–Kier alpha value is -1.09. The van der Waals surface area contributed by atoms with Crippen molar-refractivity contribution in [1.82, 2.24) is 9.88 Å². The van der Waals surface area contributed by atoms with Crippen molar-refractivity contribution in [2.45, 2.75) is 39.5 Å². The number of rotatable bonds is 1. The normalized spacial score (nSPS) is 27.5. The number of carbonyl (C=O) groups is 1. The lowest BCUT2D eigenvalue weighted by molar-refractivity contribution is 0.0704. The highest BCUT2D eigenvalue weighted by molar-refractivity contribution is 6.02. The molecule has 2 heterocycles. The largest absolute Gasteiger partial charge is 0.362 e. The Morgan fingerprint density at radius 2 is 2.11 bits per heavy atom. The van der Waals surface area contributed by atoms with Gasteiger partial charge in [0.25, 0.3) is 0 Å². The van der Waals surface area contributed by atoms with E-state index in [2.05, 4.69) is 37.7 Å². The number of ketones is 1. The molecule has 104 valence electrons. The molecule has 1 saturated heterocycles. The van der Waals surface area contributed by atoms with Crippen LogP contribution >= 0.6 is 0 Å². The number of hydrogen-bond donors (Lipinski definition) is 1. The van der Waals surface area contributed by atoms with Gasteiger partial charge in [-0.1, -0.05) is 13.8 Å². The summed E-state index contributed by atoms with van der Waals surface area (Å²) in [5.74, 6) is 1.58. The molecule has 3 heteroatoms. The fraction of sp³-hybridized carbons (Fsp3) is 0.688. The SMILES string of the molecule is Cc1[nH]c2c(c1C(C)C)C(=O)[C@@H]1CN(C)CC[C@H]1C2. The summed E-state index contributed by atoms with van der Waals surface area (Å²) in [5, 5.41) is 0. The zero-order valence-electron chi connectivity index (χ0n) is 12.4. The van der Waals surface area contributed by atoms with E-state index in [1.54, 1.807) is 0 Å². The van der Waals surface area contributed by atoms with Crippen LogP contribution in [-0.4, -0.2) is 35.8 Å². The predicted molar refractivity (Wildman–Crippen MR) is 76.7 cm³/mol. The van der Waals surface area contributed by atoms with E-state index in [0.29, 0.717) is 17.6 Å². The van der Waals surface area contributed by atoms with Gasteiger partial charge in [0.15, 0.2) is 5.78 Å². The van der Waals surface area contributed by atoms with E-state index in [0.717, 1.165) is 31.5 Å². The van der Waals surface area contributed by atoms with Crippen LogP contribution in [0.3, 0.4) is 0 Å². The molecule has 1 aromatic rings. The molecule has 1 fully saturated rings. The first-order chi connectivity index (χ1) is 8.99. The van der Waals surface area contributed by atoms with Crippen molar-refractivity contribution in [2.24, 2.45) is 11.8 Å². The molecule has 0 spiro atoms. The molecule has 1 N–H and O–H groups in total. The summed E-state index contributed by atoms with van der Waals surface area (Å²) in [6.07, 6.45) is 2.22. The minimum atomic E-state index is 0.221. The van der Waals surface area contributed by atoms with Gasteiger partial charge in [-0.25, -0.2) is 0 Å². The van der Waals surface area contributed by atoms with Crippen LogP contribution in [0.2, 0.25) is 0 Å². The maximum atomic E-state index is 12.9. The zero-order chi connectivity index (χ0) is 13.7. The molecule has 1 aromatic heterocycles. The molecule has 2 atom stereocenters. The third-order valence-corrected chi connectivity index (χ3v) is 4.90. The smallest absolute Gasteiger partial charge is 0.169 e. The van der Waals surface area contributed by atoms with Crippen LogP contribution in [0.25, 0.3) is 0 Å². The number of nitrogens with one attached hydrogen (secondary N) is 1. The second-order valence-electron chi connectivity index (χ2n) is 6.66. The van der Waals surface area contributed by atoms with Gasteiger partial charge in [-0.15, -0.1) is 0 Å². The Kier molecular flexibility index (Phi) is 3.05. The Bertz CT molecular complexity index is 515. The summed E-state index contributed by atoms with van der Waals surface area (Å²) in [7, 11) is 2.13. The van der Waals surface area contributed by atoms with Gasteiger partial charge in [0.05, 0.1) is 0 Å². The van der Waals surface area contributed by atoms with Gasteiger partial charge >= 0.3 is 0 Å². The lowest BCUT2D eigenvalue weighted by Gasteiger charge is -2.38. The topological polar surface area (TPSA) is 36.1 Å². The first-order valence-electron chi connectivity index (χ1n) is 7.43. The molecule has 3 nitrogen and oxygen atoms in total. The highest BCUT2D eigenvalue weighted by atomic mass is 16.1. The molecule has 0 saturated carbocycles. The van der Waals surface area contributed by atoms with Gasteiger partial charge in [0, 0.05) is 29.4 Å². The molecule has 19 heavy (non-hydrogen) atoms. The van der Waals surface area contributed by atoms with E-state index < -0.39 is 0 Å². The summed E-state index contributed by atoms with van der Waals surface area (Å²) in [6.45, 7) is 8.54. The standard InChI is InChI=1S/C16H24N2O/c1-9(2)14-10(3)17-13-7-11-5-6-18(4)8-12(11)16(19)15(13)14/h9,11-12,17H,5-8H2,1-4H3/t11-,12+/m0/s1. The number of hydrogen-bond acceptors (Lipinski definition) is 2. The highest BCUT2D eigenvalue weighted by Crippen LogP contribution is 2.39. The number of aromatic amines is 1. The molecular weight excluding hydrogens is 236 g/mol. The Labute approximate surface area is 115 Å². The van der Waals surface area contributed by atoms with Crippen molar-refractivity contribution < 1.29 is 4.79 Å². The number of Topliss-reactive ketones (excluding diaryl/α,β-unsaturated/α-hetero) is 1. The summed E-state index contributed by atoms with van der Waals surface area (Å²) < 4.78 is 0. The second kappa shape index (κ2) is 4.48. The Morgan fingerprint density at radius 1 is 1.37 bits per heavy atom. The minimum Gasteiger partial charge on any atom is -0.362 e. The van der Waals surface area contributed by atoms with Crippen molar-refractivity contribution in [2.75, 3.05) is 20.1 Å². The molecule has 3 rings (SSSR count). The lowest BCUT2D eigenvalue weighted by Crippen LogP contribution is -2.45. The maximum absolute atomic E-state index is 12.9. The van der Waals surface area contributed by atoms with Gasteiger partial charge in [0.1, 0.15) is 0 Å². The van der Waals surface area contributed by atoms with E-state index >= 15 is 0 Å². The van der Waals surface area contributed by atoms with E-state index in [-0.39, 0.29) is 5.92 Å². The number of likely N-dealkylation sites (tertiary alicyclic amines) is 1. The van der Waals surface area contributed by atoms with E-state index in [1.165, 1.54) is 17.0 Å². The monoisotopic (exact) mass is 260 g/mol. The molecule has 1 aliphatic heterocycles. The van der Waals surface area contributed by atoms with Crippen LogP contribution in [0.5, 0.6) is 0 Å². The van der Waals surface area contributed by atoms with Gasteiger partial charge in [-0.3, -0.25) is 4.79 Å². The molecule has 0 amide bonds. The third kappa shape index (κ3) is 1.95. The highest BCUT2D eigenvalue weighted by Gasteiger charge is 2.41. The summed E-state index contributed by atoms with van der Waals surface area (Å²) in [5.41, 5.74) is 4.69. The van der Waals surface area contributed by atoms with Crippen LogP contribution in [0, 0.1) is 18.8 Å². The molecule has 0 unspecified atom stereocenters. The molecule has 0 bridgehead atoms. The van der Waals surface area contributed by atoms with Crippen LogP contribution in [0.1, 0.15) is 53.5 Å². The number of H-pyrrole nitrogens is 1. The van der Waals surface area contributed by atoms with E-state index in [4.69, 9.17) is 0 Å². The fourth-order valence-electron chi connectivity index (χ4n) is 4.01. The zero-order valence-corrected chi connectivity index (χ0v) is 12.4. The number of nitrogens with zero attached hydrogens (tertiary/aromatic N) is 1. The quantitative estimate of drug-likeness (QED) is 0.843. The van der Waals surface area contributed by atoms with Crippen molar-refractivity contribution in [3.63, 3.8) is 0 Å². The third-order valence-electron chi connectivity index (χ3n) is 4.90. The average Bonchev–Trinajstić information content (AvgIpc) is 2.67. The van der Waals surface area contributed by atoms with Crippen molar-refractivity contribution in [3.8, 4) is 0 Å². The van der Waals surface area contributed by atoms with E-state index in [9.17, 15) is 4.79 Å². The predicted octanol–water partition coefficient (Wildman–Crippen LogP) is 2.75. The van der Waals surface area contributed by atoms with Gasteiger partial charge in [0.2, 0.25) is 0 Å². The Morgan fingerprint density at radius 3 is 2.79 bits per heavy atom. The lowest BCUT2D eigenvalue weighted by atomic mass is 9.72. The van der Waals surface area contributed by atoms with E-state index in [1.807, 2.05) is 0 Å². The number of piperidine rings is 1. The summed E-state index contributed by atoms with van der Waals surface area (Å²) >= 11 is 0. The number of carbonyl (C=O) groups excluding carboxylic acids is 1. The number of aryl methyl sites for hydroxylation is 1. The number of aromatic nitrogens is 1. The molecular formula is C16H24N2O. The van der Waals surface area contributed by atoms with Crippen LogP contribution in [0.4, 0.5) is 0 Å². The summed E-state index contributed by atoms with van der Waals surface area (Å²) in [4.78, 5) is 18.7. The second-order valence-corrected chi connectivity index (χ2v) is 6.66. The molecule has 2 aliphatic rings. The van der Waals surface area contributed by atoms with Crippen molar-refractivity contribution >= 4 is 5.78 Å². The first-order valence-corrected chi connectivity index (χ1v) is 7.43. The fourth-order valence-corrected chi connectivity index (χ4v) is 4.01. The minimum absolute atomic E-state index is 0.221. The first kappa shape index (κ1) is 12.9. The van der Waals surface area contributed by atoms with Crippen molar-refractivity contribution in [3.05, 3.63) is 22.5 Å². The van der Waals surface area contributed by atoms with Gasteiger partial charge in [-0.2, -0.15) is 0 Å². The number of fused-ring (bicyclic) bond motifs is 2. The molecule has 0 aromatic carbocycles. The van der Waals surface area contributed by atoms with Gasteiger partial charge < -0.3 is 9.88 Å². The van der Waals surface area contributed by atoms with Crippen LogP contribution in [0.15, 0.2) is 0 Å². The van der Waals surface area contributed by atoms with Crippen LogP contribution < -0.4 is 0 Å².